The van der Waals surface area contributed by atoms with Gasteiger partial charge >= 0.3 is 17.9 Å². The van der Waals surface area contributed by atoms with Crippen LogP contribution in [0.1, 0.15) is 147 Å². The maximum Gasteiger partial charge on any atom is 0.373 e. The number of aliphatic hydroxyl groups is 1. The lowest BCUT2D eigenvalue weighted by atomic mass is 9.78. The van der Waals surface area contributed by atoms with E-state index in [2.05, 4.69) is 0 Å². The Labute approximate surface area is 544 Å². The molecule has 1 amide bonds. The van der Waals surface area contributed by atoms with Crippen molar-refractivity contribution in [1.82, 2.24) is 4.90 Å². The first-order chi connectivity index (χ1) is 40.3. The SMILES string of the molecule is CO[C@H]1C[C@@H]2CC[C@@H](C)[C@@](O)(O2)C(=O)C(=O)N2CCCC[C@H]2C(=O)O[C@H]([C@H](C)C[C@@H]2CC[C@@H](OC(=O)C[n+]3csc(C)c3C)[C@H](OC)C2)CC(=O)[C@H](C)/C=C(\C)[C@@H](OC(=O)C[n+]2csc(C)c2C)[C@@H](OC)C(=O)[C@H](C)C[C@H](C)/C=C/C=C/C=C/1C.[Br-].[Br-]. The van der Waals surface area contributed by atoms with Gasteiger partial charge in [0, 0.05) is 72.3 Å². The number of ether oxygens (including phenoxy) is 7. The summed E-state index contributed by atoms with van der Waals surface area (Å²) in [6, 6.07) is -1.20. The van der Waals surface area contributed by atoms with E-state index in [0.29, 0.717) is 63.4 Å². The summed E-state index contributed by atoms with van der Waals surface area (Å²) < 4.78 is 46.4. The number of amides is 1. The average molecular weight is 1380 g/mol. The molecule has 5 heterocycles. The molecule has 3 fully saturated rings. The normalized spacial score (nSPS) is 32.8. The Kier molecular flexibility index (Phi) is 30.2. The number of rotatable bonds is 12. The van der Waals surface area contributed by atoms with Crippen molar-refractivity contribution in [3.05, 3.63) is 79.8 Å². The Hall–Kier alpha value is -4.13. The van der Waals surface area contributed by atoms with Crippen LogP contribution in [0.3, 0.4) is 0 Å². The van der Waals surface area contributed by atoms with E-state index in [0.717, 1.165) is 26.7 Å². The predicted octanol–water partition coefficient (Wildman–Crippen LogP) is 2.62. The lowest BCUT2D eigenvalue weighted by Crippen LogP contribution is -3.00. The number of ketones is 3. The number of hydrogen-bond acceptors (Lipinski definition) is 17. The van der Waals surface area contributed by atoms with E-state index in [-0.39, 0.29) is 102 Å². The molecule has 1 N–H and O–H groups in total. The van der Waals surface area contributed by atoms with Crippen molar-refractivity contribution in [2.75, 3.05) is 27.9 Å². The standard InChI is InChI=1S/C65H95N3O15S2.2BrH/c1-38-20-16-15-17-21-39(2)54(77-12)32-50-25-23-44(7)65(76,83-50)62(73)63(74)68-27-19-18-22-51(68)64(75)81-55(41(4)30-49-24-26-53(56(31-49)78-13)80-57(70)34-66-36-84-47(10)45(66)8)33-52(69)40(3)29-43(6)60(61(79-14)59(72)42(5)28-38)82-58(71)35-67-37-85-48(11)46(67)9;;/h15-17,20-21,29,36-38,40-42,44,49-51,53-56,60-61,76H,18-19,22-28,30-35H2,1-14H3;2*1H/q+2;;/p-2/b17-15+,20-16+,39-21+,43-29+;;/t38-,40-,41-,42-,44-,49+,50+,51+,53-,54+,55+,56-,60-,61+,65-;;/m1../s1. The fourth-order valence-electron chi connectivity index (χ4n) is 12.4. The van der Waals surface area contributed by atoms with Gasteiger partial charge in [0.15, 0.2) is 29.4 Å². The molecule has 2 aromatic heterocycles. The number of esters is 3. The third kappa shape index (κ3) is 19.9. The van der Waals surface area contributed by atoms with Crippen LogP contribution < -0.4 is 43.1 Å². The monoisotopic (exact) mass is 1380 g/mol. The van der Waals surface area contributed by atoms with Crippen molar-refractivity contribution >= 4 is 63.8 Å². The van der Waals surface area contributed by atoms with Crippen molar-refractivity contribution < 1.29 is 115 Å². The van der Waals surface area contributed by atoms with Crippen molar-refractivity contribution in [1.29, 1.82) is 0 Å². The number of aromatic nitrogens is 2. The lowest BCUT2D eigenvalue weighted by Gasteiger charge is -2.42. The molecule has 0 spiro atoms. The Morgan fingerprint density at radius 3 is 1.99 bits per heavy atom. The van der Waals surface area contributed by atoms with Gasteiger partial charge in [0.1, 0.15) is 24.0 Å². The number of cyclic esters (lactones) is 1. The second-order valence-corrected chi connectivity index (χ2v) is 26.6. The summed E-state index contributed by atoms with van der Waals surface area (Å²) in [7, 11) is 4.57. The van der Waals surface area contributed by atoms with E-state index in [9.17, 15) is 38.7 Å². The zero-order chi connectivity index (χ0) is 62.4. The van der Waals surface area contributed by atoms with Crippen LogP contribution in [0.5, 0.6) is 0 Å². The molecule has 4 aliphatic rings. The first-order valence-corrected chi connectivity index (χ1v) is 32.1. The van der Waals surface area contributed by atoms with Crippen LogP contribution >= 0.6 is 22.7 Å². The van der Waals surface area contributed by atoms with E-state index in [1.807, 2.05) is 101 Å². The molecule has 1 aliphatic carbocycles. The number of allylic oxidation sites excluding steroid dienone is 6. The summed E-state index contributed by atoms with van der Waals surface area (Å²) in [6.07, 6.45) is 10.6. The van der Waals surface area contributed by atoms with Crippen LogP contribution in [-0.2, 0) is 79.8 Å². The summed E-state index contributed by atoms with van der Waals surface area (Å²) in [5.74, 6) is -9.61. The minimum absolute atomic E-state index is 0. The van der Waals surface area contributed by atoms with Crippen molar-refractivity contribution in [2.45, 2.75) is 221 Å². The minimum atomic E-state index is -2.47. The molecule has 18 nitrogen and oxygen atoms in total. The number of Topliss-reactive ketones (excluding diaryl/α,β-unsaturated/α-hetero) is 3. The topological polar surface area (TPSA) is 215 Å². The van der Waals surface area contributed by atoms with Crippen LogP contribution in [0.4, 0.5) is 0 Å². The fraction of sp³-hybridized carbons (Fsp3) is 0.677. The molecule has 486 valence electrons. The van der Waals surface area contributed by atoms with Gasteiger partial charge in [-0.25, -0.2) is 14.4 Å². The summed E-state index contributed by atoms with van der Waals surface area (Å²) in [4.78, 5) is 104. The van der Waals surface area contributed by atoms with Crippen LogP contribution in [0.15, 0.2) is 58.6 Å². The summed E-state index contributed by atoms with van der Waals surface area (Å²) in [5, 5.41) is 12.1. The van der Waals surface area contributed by atoms with Gasteiger partial charge in [-0.2, -0.15) is 9.13 Å². The fourth-order valence-corrected chi connectivity index (χ4v) is 14.0. The van der Waals surface area contributed by atoms with E-state index in [1.54, 1.807) is 57.0 Å². The smallest absolute Gasteiger partial charge is 0.373 e. The number of hydrogen-bond donors (Lipinski definition) is 1. The molecule has 0 radical (unpaired) electrons. The third-order valence-electron chi connectivity index (χ3n) is 18.2. The molecule has 1 saturated carbocycles. The molecule has 15 atom stereocenters. The first-order valence-electron chi connectivity index (χ1n) is 30.4. The summed E-state index contributed by atoms with van der Waals surface area (Å²) in [6.45, 7) is 20.6. The number of piperidine rings is 1. The van der Waals surface area contributed by atoms with Gasteiger partial charge in [-0.1, -0.05) is 93.7 Å². The molecule has 2 saturated heterocycles. The largest absolute Gasteiger partial charge is 1.00 e. The van der Waals surface area contributed by atoms with Gasteiger partial charge in [0.25, 0.3) is 11.7 Å². The van der Waals surface area contributed by atoms with Crippen LogP contribution in [-0.4, -0.2) is 134 Å². The average Bonchev–Trinajstić information content (AvgIpc) is 4.05. The van der Waals surface area contributed by atoms with E-state index < -0.39 is 102 Å². The zero-order valence-electron chi connectivity index (χ0n) is 53.4. The second kappa shape index (κ2) is 34.9. The minimum Gasteiger partial charge on any atom is -1.00 e. The van der Waals surface area contributed by atoms with Gasteiger partial charge < -0.3 is 77.1 Å². The van der Waals surface area contributed by atoms with E-state index in [4.69, 9.17) is 33.2 Å². The number of carbonyl (C=O) groups is 7. The molecule has 2 aromatic rings. The van der Waals surface area contributed by atoms with E-state index >= 15 is 0 Å². The Bertz CT molecular complexity index is 2810. The van der Waals surface area contributed by atoms with Crippen LogP contribution in [0, 0.1) is 63.2 Å². The Morgan fingerprint density at radius 1 is 0.747 bits per heavy atom. The molecule has 3 aliphatic heterocycles. The highest BCUT2D eigenvalue weighted by Gasteiger charge is 2.53. The number of nitrogens with zero attached hydrogens (tertiary/aromatic N) is 3. The number of halogens is 2. The van der Waals surface area contributed by atoms with Gasteiger partial charge in [-0.05, 0) is 121 Å². The highest BCUT2D eigenvalue weighted by atomic mass is 79.9. The lowest BCUT2D eigenvalue weighted by molar-refractivity contribution is -0.687. The Balaban J connectivity index is 0.00000810. The number of aryl methyl sites for hydroxylation is 2. The van der Waals surface area contributed by atoms with Crippen molar-refractivity contribution in [3.63, 3.8) is 0 Å². The van der Waals surface area contributed by atoms with Gasteiger partial charge in [0.2, 0.25) is 29.9 Å². The molecular formula is C65H95Br2N3O15S2. The number of methoxy groups -OCH3 is 3. The van der Waals surface area contributed by atoms with Gasteiger partial charge in [-0.3, -0.25) is 19.2 Å². The highest BCUT2D eigenvalue weighted by Crippen LogP contribution is 2.38. The maximum absolute atomic E-state index is 14.8. The molecule has 6 rings (SSSR count). The molecule has 0 unspecified atom stereocenters. The van der Waals surface area contributed by atoms with Crippen molar-refractivity contribution in [3.8, 4) is 0 Å². The quantitative estimate of drug-likeness (QED) is 0.106. The highest BCUT2D eigenvalue weighted by molar-refractivity contribution is 7.09. The molecular weight excluding hydrogens is 1290 g/mol. The van der Waals surface area contributed by atoms with Gasteiger partial charge in [-0.15, -0.1) is 0 Å². The molecule has 0 aromatic carbocycles. The third-order valence-corrected chi connectivity index (χ3v) is 20.2. The number of thiazole rings is 2. The maximum atomic E-state index is 14.8. The van der Waals surface area contributed by atoms with Crippen LogP contribution in [0.2, 0.25) is 0 Å². The van der Waals surface area contributed by atoms with Crippen molar-refractivity contribution in [2.24, 2.45) is 35.5 Å². The molecule has 87 heavy (non-hydrogen) atoms. The second-order valence-electron chi connectivity index (χ2n) is 24.5. The molecule has 2 bridgehead atoms. The Morgan fingerprint density at radius 2 is 1.39 bits per heavy atom. The van der Waals surface area contributed by atoms with Crippen LogP contribution in [0.25, 0.3) is 0 Å². The summed E-state index contributed by atoms with van der Waals surface area (Å²) in [5.41, 5.74) is 6.92. The van der Waals surface area contributed by atoms with Gasteiger partial charge in [0.05, 0.1) is 28.1 Å². The zero-order valence-corrected chi connectivity index (χ0v) is 58.2. The number of carbonyl (C=O) groups excluding carboxylic acids is 7. The first kappa shape index (κ1) is 75.3. The number of fused-ring (bicyclic) bond motifs is 3. The predicted molar refractivity (Wildman–Crippen MR) is 321 cm³/mol. The van der Waals surface area contributed by atoms with E-state index in [1.165, 1.54) is 23.3 Å². The molecule has 22 heteroatoms. The summed E-state index contributed by atoms with van der Waals surface area (Å²) >= 11 is 3.06.